The number of aliphatic hydroxyl groups excluding tert-OH is 2. The number of nitrogens with zero attached hydrogens (tertiary/aromatic N) is 9. The van der Waals surface area contributed by atoms with Gasteiger partial charge in [-0.25, -0.2) is 9.97 Å². The van der Waals surface area contributed by atoms with Gasteiger partial charge in [0.1, 0.15) is 17.0 Å². The Bertz CT molecular complexity index is 2500. The van der Waals surface area contributed by atoms with Gasteiger partial charge in [-0.3, -0.25) is 28.3 Å². The number of imidazole rings is 1. The summed E-state index contributed by atoms with van der Waals surface area (Å²) in [6.45, 7) is 8.94. The predicted molar refractivity (Wildman–Crippen MR) is 204 cm³/mol. The molecule has 1 unspecified atom stereocenters. The smallest absolute Gasteiger partial charge is 0.297 e. The topological polar surface area (TPSA) is 249 Å². The zero-order valence-electron chi connectivity index (χ0n) is 30.8. The van der Waals surface area contributed by atoms with Gasteiger partial charge >= 0.3 is 0 Å². The van der Waals surface area contributed by atoms with Crippen molar-refractivity contribution in [2.45, 2.75) is 66.5 Å². The number of nitrogens with one attached hydrogen (secondary N) is 1. The Morgan fingerprint density at radius 1 is 0.964 bits per heavy atom. The number of rotatable bonds is 16. The number of aryl methyl sites for hydroxylation is 4. The number of hydrogen-bond acceptors (Lipinski definition) is 12. The van der Waals surface area contributed by atoms with Crippen molar-refractivity contribution in [3.8, 4) is 5.75 Å². The van der Waals surface area contributed by atoms with Crippen LogP contribution in [0.3, 0.4) is 0 Å². The van der Waals surface area contributed by atoms with Crippen LogP contribution in [0.5, 0.6) is 5.75 Å². The maximum atomic E-state index is 13.4. The second-order valence-electron chi connectivity index (χ2n) is 12.5. The second kappa shape index (κ2) is 16.5. The summed E-state index contributed by atoms with van der Waals surface area (Å²) in [5.41, 5.74) is 15.3. The Kier molecular flexibility index (Phi) is 11.5. The molecule has 1 aromatic carbocycles. The minimum atomic E-state index is -1.20. The number of thiazole rings is 1. The molecule has 6 rings (SSSR count). The van der Waals surface area contributed by atoms with Gasteiger partial charge in [0, 0.05) is 51.0 Å². The van der Waals surface area contributed by atoms with Crippen molar-refractivity contribution < 1.29 is 29.3 Å². The molecule has 19 heteroatoms. The highest BCUT2D eigenvalue weighted by Gasteiger charge is 2.22. The van der Waals surface area contributed by atoms with Gasteiger partial charge in [-0.1, -0.05) is 23.5 Å². The van der Waals surface area contributed by atoms with Crippen molar-refractivity contribution in [3.05, 3.63) is 87.4 Å². The number of amides is 3. The number of ether oxygens (including phenoxy) is 1. The number of primary amides is 2. The van der Waals surface area contributed by atoms with E-state index in [9.17, 15) is 24.6 Å². The standard InChI is InChI=1S/C36H42N12O6S/c1-5-47-25(14-20(3)43-47)33(52)41-35-40-24-16-22(30(37)50)17-27(54-13-9-12-49)29(24)45(35)10-7-8-11-46-32-28(18-23(19-39-32)31(38)51)55-36(46)42-34(53)26-15-21(4)44-48(26)6-2/h7-8,14-19,33,49,52H,5-6,9-13H2,1-4H3,(H2,37,50)(H2,38,51)(H,40,41)/b8-7+,42-36?. The Morgan fingerprint density at radius 2 is 1.65 bits per heavy atom. The van der Waals surface area contributed by atoms with Crippen molar-refractivity contribution >= 4 is 56.4 Å². The molecule has 0 aliphatic rings. The maximum absolute atomic E-state index is 13.4. The quantitative estimate of drug-likeness (QED) is 0.0544. The van der Waals surface area contributed by atoms with Crippen molar-refractivity contribution in [2.24, 2.45) is 16.5 Å². The molecular formula is C36H42N12O6S. The maximum Gasteiger partial charge on any atom is 0.297 e. The van der Waals surface area contributed by atoms with Gasteiger partial charge in [0.2, 0.25) is 17.8 Å². The van der Waals surface area contributed by atoms with Crippen molar-refractivity contribution in [1.29, 1.82) is 0 Å². The summed E-state index contributed by atoms with van der Waals surface area (Å²) in [5, 5.41) is 32.6. The Labute approximate surface area is 318 Å². The Balaban J connectivity index is 1.40. The molecule has 0 spiro atoms. The summed E-state index contributed by atoms with van der Waals surface area (Å²) >= 11 is 1.19. The molecule has 0 bridgehead atoms. The Hall–Kier alpha value is -6.18. The molecule has 0 saturated heterocycles. The fraction of sp³-hybridized carbons (Fsp3) is 0.333. The van der Waals surface area contributed by atoms with Gasteiger partial charge in [-0.05, 0) is 58.0 Å². The van der Waals surface area contributed by atoms with Crippen LogP contribution in [0.4, 0.5) is 5.95 Å². The average Bonchev–Trinajstić information content (AvgIpc) is 3.92. The SMILES string of the molecule is CCn1nc(C)cc1C(=O)N=c1sc2cc(C(N)=O)cnc2n1C/C=C/Cn1c(NC(O)c2cc(C)nn2CC)nc2cc(C(N)=O)cc(OCCCO)c21. The van der Waals surface area contributed by atoms with Crippen LogP contribution < -0.4 is 26.3 Å². The summed E-state index contributed by atoms with van der Waals surface area (Å²) in [4.78, 5) is 51.7. The van der Waals surface area contributed by atoms with E-state index in [-0.39, 0.29) is 43.4 Å². The van der Waals surface area contributed by atoms with E-state index in [4.69, 9.17) is 21.2 Å². The molecule has 6 aromatic rings. The fourth-order valence-corrected chi connectivity index (χ4v) is 7.09. The van der Waals surface area contributed by atoms with E-state index in [0.29, 0.717) is 68.5 Å². The third kappa shape index (κ3) is 8.17. The van der Waals surface area contributed by atoms with Crippen LogP contribution in [0.15, 0.2) is 53.7 Å². The number of pyridine rings is 1. The van der Waals surface area contributed by atoms with E-state index in [1.165, 1.54) is 23.6 Å². The molecule has 3 amide bonds. The van der Waals surface area contributed by atoms with Gasteiger partial charge in [0.05, 0.1) is 39.5 Å². The molecule has 5 heterocycles. The van der Waals surface area contributed by atoms with Gasteiger partial charge in [-0.2, -0.15) is 15.2 Å². The van der Waals surface area contributed by atoms with E-state index in [0.717, 1.165) is 5.69 Å². The molecule has 7 N–H and O–H groups in total. The lowest BCUT2D eigenvalue weighted by atomic mass is 10.1. The number of allylic oxidation sites excluding steroid dienone is 2. The number of carbonyl (C=O) groups is 3. The van der Waals surface area contributed by atoms with Crippen molar-refractivity contribution in [1.82, 2.24) is 38.7 Å². The first-order chi connectivity index (χ1) is 26.4. The summed E-state index contributed by atoms with van der Waals surface area (Å²) in [7, 11) is 0. The fourth-order valence-electron chi connectivity index (χ4n) is 6.06. The predicted octanol–water partition coefficient (Wildman–Crippen LogP) is 2.56. The second-order valence-corrected chi connectivity index (χ2v) is 13.5. The van der Waals surface area contributed by atoms with Crippen LogP contribution in [0.25, 0.3) is 21.4 Å². The van der Waals surface area contributed by atoms with E-state index in [2.05, 4.69) is 25.5 Å². The molecule has 0 aliphatic heterocycles. The van der Waals surface area contributed by atoms with Crippen molar-refractivity contribution in [3.63, 3.8) is 0 Å². The van der Waals surface area contributed by atoms with Crippen LogP contribution in [0.2, 0.25) is 0 Å². The normalized spacial score (nSPS) is 12.7. The Morgan fingerprint density at radius 3 is 2.35 bits per heavy atom. The number of fused-ring (bicyclic) bond motifs is 2. The van der Waals surface area contributed by atoms with Gasteiger partial charge in [-0.15, -0.1) is 0 Å². The first kappa shape index (κ1) is 38.5. The van der Waals surface area contributed by atoms with E-state index >= 15 is 0 Å². The van der Waals surface area contributed by atoms with Crippen molar-refractivity contribution in [2.75, 3.05) is 18.5 Å². The van der Waals surface area contributed by atoms with Crippen LogP contribution in [-0.2, 0) is 26.2 Å². The zero-order valence-corrected chi connectivity index (χ0v) is 31.6. The van der Waals surface area contributed by atoms with Crippen LogP contribution in [0.1, 0.15) is 74.8 Å². The molecule has 5 aromatic heterocycles. The highest BCUT2D eigenvalue weighted by molar-refractivity contribution is 7.16. The van der Waals surface area contributed by atoms with E-state index in [1.807, 2.05) is 32.9 Å². The number of anilines is 1. The monoisotopic (exact) mass is 770 g/mol. The van der Waals surface area contributed by atoms with E-state index < -0.39 is 23.9 Å². The minimum absolute atomic E-state index is 0.0977. The molecule has 288 valence electrons. The van der Waals surface area contributed by atoms with Crippen LogP contribution in [-0.4, -0.2) is 79.8 Å². The highest BCUT2D eigenvalue weighted by Crippen LogP contribution is 2.32. The largest absolute Gasteiger partial charge is 0.491 e. The van der Waals surface area contributed by atoms with Crippen LogP contribution in [0, 0.1) is 13.8 Å². The van der Waals surface area contributed by atoms with E-state index in [1.54, 1.807) is 49.7 Å². The number of hydrogen-bond donors (Lipinski definition) is 5. The lowest BCUT2D eigenvalue weighted by Crippen LogP contribution is -2.19. The molecule has 0 fully saturated rings. The molecule has 18 nitrogen and oxygen atoms in total. The molecule has 0 radical (unpaired) electrons. The molecule has 1 atom stereocenters. The van der Waals surface area contributed by atoms with Crippen LogP contribution >= 0.6 is 11.3 Å². The molecule has 55 heavy (non-hydrogen) atoms. The summed E-state index contributed by atoms with van der Waals surface area (Å²) in [5.74, 6) is -1.22. The number of carbonyl (C=O) groups excluding carboxylic acids is 3. The lowest BCUT2D eigenvalue weighted by molar-refractivity contribution is 0.0982. The first-order valence-corrected chi connectivity index (χ1v) is 18.4. The summed E-state index contributed by atoms with van der Waals surface area (Å²) < 4.78 is 13.4. The number of aliphatic hydroxyl groups is 2. The number of benzene rings is 1. The first-order valence-electron chi connectivity index (χ1n) is 17.6. The lowest BCUT2D eigenvalue weighted by Gasteiger charge is -2.16. The third-order valence-corrected chi connectivity index (χ3v) is 9.61. The zero-order chi connectivity index (χ0) is 39.4. The van der Waals surface area contributed by atoms with Gasteiger partial charge in [0.25, 0.3) is 5.91 Å². The van der Waals surface area contributed by atoms with Gasteiger partial charge in [0.15, 0.2) is 16.7 Å². The molecule has 0 aliphatic carbocycles. The summed E-state index contributed by atoms with van der Waals surface area (Å²) in [6, 6.07) is 8.14. The highest BCUT2D eigenvalue weighted by atomic mass is 32.1. The third-order valence-electron chi connectivity index (χ3n) is 8.60. The number of aromatic nitrogens is 8. The average molecular weight is 771 g/mol. The van der Waals surface area contributed by atoms with Gasteiger partial charge < -0.3 is 36.3 Å². The molecular weight excluding hydrogens is 729 g/mol. The summed E-state index contributed by atoms with van der Waals surface area (Å²) in [6.07, 6.45) is 4.23. The minimum Gasteiger partial charge on any atom is -0.491 e. The molecule has 0 saturated carbocycles. The number of nitrogens with two attached hydrogens (primary N) is 2.